The third kappa shape index (κ3) is 3.17. The lowest BCUT2D eigenvalue weighted by Crippen LogP contribution is -2.31. The molecule has 0 radical (unpaired) electrons. The van der Waals surface area contributed by atoms with Crippen molar-refractivity contribution in [2.75, 3.05) is 0 Å². The lowest BCUT2D eigenvalue weighted by molar-refractivity contribution is -0.144. The summed E-state index contributed by atoms with van der Waals surface area (Å²) >= 11 is 0. The SMILES string of the molecule is CC1(C)CCC(C)(C)C2=C1CC(C)(C(=O)Oc1ccc(C(=O)O)cc1)C2. The van der Waals surface area contributed by atoms with Crippen molar-refractivity contribution in [3.8, 4) is 5.75 Å². The molecule has 0 saturated heterocycles. The summed E-state index contributed by atoms with van der Waals surface area (Å²) in [7, 11) is 0. The molecule has 0 amide bonds. The van der Waals surface area contributed by atoms with E-state index in [1.54, 1.807) is 12.1 Å². The summed E-state index contributed by atoms with van der Waals surface area (Å²) in [5, 5.41) is 8.97. The van der Waals surface area contributed by atoms with Gasteiger partial charge in [0.1, 0.15) is 5.75 Å². The Kier molecular flexibility index (Phi) is 4.29. The molecule has 26 heavy (non-hydrogen) atoms. The molecule has 140 valence electrons. The maximum Gasteiger partial charge on any atom is 0.335 e. The minimum atomic E-state index is -0.994. The minimum absolute atomic E-state index is 0.131. The van der Waals surface area contributed by atoms with Gasteiger partial charge in [0.05, 0.1) is 11.0 Å². The molecule has 1 aromatic carbocycles. The molecular formula is C22H28O4. The third-order valence-corrected chi connectivity index (χ3v) is 6.31. The van der Waals surface area contributed by atoms with Crippen molar-refractivity contribution in [2.24, 2.45) is 16.2 Å². The molecule has 0 aliphatic heterocycles. The zero-order valence-corrected chi connectivity index (χ0v) is 16.3. The van der Waals surface area contributed by atoms with Gasteiger partial charge in [-0.15, -0.1) is 0 Å². The molecule has 1 aromatic rings. The number of carbonyl (C=O) groups excluding carboxylic acids is 1. The number of carbonyl (C=O) groups is 2. The van der Waals surface area contributed by atoms with Gasteiger partial charge in [0.25, 0.3) is 0 Å². The number of ether oxygens (including phenoxy) is 1. The Labute approximate surface area is 155 Å². The number of benzene rings is 1. The minimum Gasteiger partial charge on any atom is -0.478 e. The third-order valence-electron chi connectivity index (χ3n) is 6.31. The number of rotatable bonds is 3. The molecule has 4 heteroatoms. The Balaban J connectivity index is 1.80. The summed E-state index contributed by atoms with van der Waals surface area (Å²) in [5.41, 5.74) is 2.73. The van der Waals surface area contributed by atoms with E-state index in [0.29, 0.717) is 5.75 Å². The molecule has 1 N–H and O–H groups in total. The molecule has 0 atom stereocenters. The topological polar surface area (TPSA) is 63.6 Å². The summed E-state index contributed by atoms with van der Waals surface area (Å²) in [6, 6.07) is 6.00. The van der Waals surface area contributed by atoms with Crippen LogP contribution < -0.4 is 4.74 Å². The summed E-state index contributed by atoms with van der Waals surface area (Å²) in [5.74, 6) is -0.835. The van der Waals surface area contributed by atoms with Crippen LogP contribution in [0.2, 0.25) is 0 Å². The van der Waals surface area contributed by atoms with Crippen LogP contribution in [0.4, 0.5) is 0 Å². The van der Waals surface area contributed by atoms with Gasteiger partial charge in [-0.3, -0.25) is 4.79 Å². The van der Waals surface area contributed by atoms with Crippen LogP contribution in [0.5, 0.6) is 5.75 Å². The molecule has 0 bridgehead atoms. The number of esters is 1. The van der Waals surface area contributed by atoms with E-state index in [-0.39, 0.29) is 22.4 Å². The maximum atomic E-state index is 13.0. The van der Waals surface area contributed by atoms with Gasteiger partial charge in [-0.25, -0.2) is 4.79 Å². The predicted molar refractivity (Wildman–Crippen MR) is 100 cm³/mol. The van der Waals surface area contributed by atoms with Crippen LogP contribution in [-0.2, 0) is 4.79 Å². The quantitative estimate of drug-likeness (QED) is 0.457. The molecule has 0 aromatic heterocycles. The van der Waals surface area contributed by atoms with Gasteiger partial charge in [-0.1, -0.05) is 38.8 Å². The first kappa shape index (κ1) is 18.7. The summed E-state index contributed by atoms with van der Waals surface area (Å²) < 4.78 is 5.62. The van der Waals surface area contributed by atoms with Gasteiger partial charge in [-0.05, 0) is 67.7 Å². The number of allylic oxidation sites excluding steroid dienone is 2. The first-order chi connectivity index (χ1) is 11.9. The second-order valence-corrected chi connectivity index (χ2v) is 9.36. The zero-order valence-electron chi connectivity index (χ0n) is 16.3. The van der Waals surface area contributed by atoms with E-state index in [9.17, 15) is 9.59 Å². The predicted octanol–water partition coefficient (Wildman–Crippen LogP) is 5.23. The number of aromatic carboxylic acids is 1. The molecule has 0 spiro atoms. The van der Waals surface area contributed by atoms with Gasteiger partial charge in [0, 0.05) is 0 Å². The highest BCUT2D eigenvalue weighted by atomic mass is 16.5. The average Bonchev–Trinajstić information content (AvgIpc) is 2.94. The molecule has 0 saturated carbocycles. The van der Waals surface area contributed by atoms with Gasteiger partial charge in [0.15, 0.2) is 0 Å². The first-order valence-electron chi connectivity index (χ1n) is 9.23. The fourth-order valence-corrected chi connectivity index (χ4v) is 4.32. The van der Waals surface area contributed by atoms with E-state index in [1.807, 2.05) is 6.92 Å². The smallest absolute Gasteiger partial charge is 0.335 e. The van der Waals surface area contributed by atoms with Crippen LogP contribution >= 0.6 is 0 Å². The number of carboxylic acid groups (broad SMARTS) is 1. The average molecular weight is 356 g/mol. The number of hydrogen-bond acceptors (Lipinski definition) is 3. The molecule has 2 aliphatic carbocycles. The molecule has 0 heterocycles. The van der Waals surface area contributed by atoms with Gasteiger partial charge >= 0.3 is 11.9 Å². The van der Waals surface area contributed by atoms with Crippen LogP contribution in [0.3, 0.4) is 0 Å². The maximum absolute atomic E-state index is 13.0. The van der Waals surface area contributed by atoms with Crippen LogP contribution in [0.25, 0.3) is 0 Å². The Morgan fingerprint density at radius 1 is 0.885 bits per heavy atom. The Hall–Kier alpha value is -2.10. The van der Waals surface area contributed by atoms with Gasteiger partial charge in [-0.2, -0.15) is 0 Å². The molecule has 4 nitrogen and oxygen atoms in total. The lowest BCUT2D eigenvalue weighted by atomic mass is 9.64. The van der Waals surface area contributed by atoms with E-state index in [2.05, 4.69) is 27.7 Å². The monoisotopic (exact) mass is 356 g/mol. The molecule has 0 fully saturated rings. The standard InChI is InChI=1S/C22H28O4/c1-20(2)10-11-21(3,4)17-13-22(5,12-16(17)20)19(25)26-15-8-6-14(7-9-15)18(23)24/h6-9H,10-13H2,1-5H3,(H,23,24). The molecule has 2 aliphatic rings. The molecule has 0 unspecified atom stereocenters. The Morgan fingerprint density at radius 3 is 1.77 bits per heavy atom. The number of hydrogen-bond donors (Lipinski definition) is 1. The Bertz CT molecular complexity index is 753. The van der Waals surface area contributed by atoms with Crippen molar-refractivity contribution in [3.63, 3.8) is 0 Å². The largest absolute Gasteiger partial charge is 0.478 e. The zero-order chi connectivity index (χ0) is 19.3. The van der Waals surface area contributed by atoms with Gasteiger partial charge in [0.2, 0.25) is 0 Å². The lowest BCUT2D eigenvalue weighted by Gasteiger charge is -2.41. The highest BCUT2D eigenvalue weighted by Crippen LogP contribution is 2.59. The van der Waals surface area contributed by atoms with E-state index in [0.717, 1.165) is 25.7 Å². The molecular weight excluding hydrogens is 328 g/mol. The van der Waals surface area contributed by atoms with Crippen molar-refractivity contribution in [1.29, 1.82) is 0 Å². The van der Waals surface area contributed by atoms with Crippen molar-refractivity contribution < 1.29 is 19.4 Å². The molecule has 3 rings (SSSR count). The summed E-state index contributed by atoms with van der Waals surface area (Å²) in [4.78, 5) is 23.9. The van der Waals surface area contributed by atoms with Gasteiger partial charge < -0.3 is 9.84 Å². The fourth-order valence-electron chi connectivity index (χ4n) is 4.32. The normalized spacial score (nSPS) is 22.7. The summed E-state index contributed by atoms with van der Waals surface area (Å²) in [6.45, 7) is 11.1. The second-order valence-electron chi connectivity index (χ2n) is 9.36. The fraction of sp³-hybridized carbons (Fsp3) is 0.545. The van der Waals surface area contributed by atoms with Crippen LogP contribution in [0.1, 0.15) is 70.7 Å². The van der Waals surface area contributed by atoms with Crippen molar-refractivity contribution in [3.05, 3.63) is 41.0 Å². The van der Waals surface area contributed by atoms with E-state index >= 15 is 0 Å². The Morgan fingerprint density at radius 2 is 1.35 bits per heavy atom. The first-order valence-corrected chi connectivity index (χ1v) is 9.23. The van der Waals surface area contributed by atoms with Crippen molar-refractivity contribution >= 4 is 11.9 Å². The van der Waals surface area contributed by atoms with Crippen LogP contribution in [0, 0.1) is 16.2 Å². The highest BCUT2D eigenvalue weighted by Gasteiger charge is 2.51. The van der Waals surface area contributed by atoms with Crippen molar-refractivity contribution in [1.82, 2.24) is 0 Å². The second kappa shape index (κ2) is 5.97. The van der Waals surface area contributed by atoms with E-state index in [1.165, 1.54) is 23.3 Å². The highest BCUT2D eigenvalue weighted by molar-refractivity contribution is 5.88. The van der Waals surface area contributed by atoms with Crippen molar-refractivity contribution in [2.45, 2.75) is 60.3 Å². The van der Waals surface area contributed by atoms with E-state index in [4.69, 9.17) is 9.84 Å². The number of carboxylic acids is 1. The van der Waals surface area contributed by atoms with E-state index < -0.39 is 11.4 Å². The summed E-state index contributed by atoms with van der Waals surface area (Å²) in [6.07, 6.45) is 3.76. The van der Waals surface area contributed by atoms with Crippen LogP contribution in [0.15, 0.2) is 35.4 Å². The van der Waals surface area contributed by atoms with Crippen LogP contribution in [-0.4, -0.2) is 17.0 Å².